The maximum absolute atomic E-state index is 13.9. The Bertz CT molecular complexity index is 584. The summed E-state index contributed by atoms with van der Waals surface area (Å²) in [6.07, 6.45) is 0.840. The van der Waals surface area contributed by atoms with Crippen molar-refractivity contribution in [2.45, 2.75) is 13.3 Å². The summed E-state index contributed by atoms with van der Waals surface area (Å²) in [4.78, 5) is 0. The first kappa shape index (κ1) is 13.3. The van der Waals surface area contributed by atoms with Gasteiger partial charge in [-0.2, -0.15) is 0 Å². The molecule has 2 N–H and O–H groups in total. The highest BCUT2D eigenvalue weighted by Crippen LogP contribution is 2.33. The third kappa shape index (κ3) is 2.84. The molecule has 0 atom stereocenters. The molecule has 0 saturated carbocycles. The van der Waals surface area contributed by atoms with Gasteiger partial charge in [0.25, 0.3) is 0 Å². The molecular formula is C15H15F2NO. The molecule has 0 amide bonds. The van der Waals surface area contributed by atoms with Crippen molar-refractivity contribution in [1.29, 1.82) is 0 Å². The molecule has 0 aliphatic heterocycles. The van der Waals surface area contributed by atoms with Crippen molar-refractivity contribution in [3.63, 3.8) is 0 Å². The molecule has 0 heterocycles. The van der Waals surface area contributed by atoms with Gasteiger partial charge in [0.15, 0.2) is 0 Å². The van der Waals surface area contributed by atoms with Crippen LogP contribution >= 0.6 is 0 Å². The smallest absolute Gasteiger partial charge is 0.146 e. The summed E-state index contributed by atoms with van der Waals surface area (Å²) >= 11 is 0. The van der Waals surface area contributed by atoms with Crippen LogP contribution in [0.3, 0.4) is 0 Å². The molecule has 0 unspecified atom stereocenters. The summed E-state index contributed by atoms with van der Waals surface area (Å²) in [6.45, 7) is 2.50. The van der Waals surface area contributed by atoms with E-state index in [1.54, 1.807) is 24.3 Å². The summed E-state index contributed by atoms with van der Waals surface area (Å²) < 4.78 is 33.0. The van der Waals surface area contributed by atoms with Crippen LogP contribution in [0.5, 0.6) is 5.75 Å². The van der Waals surface area contributed by atoms with E-state index in [-0.39, 0.29) is 11.3 Å². The van der Waals surface area contributed by atoms with Gasteiger partial charge in [-0.3, -0.25) is 0 Å². The lowest BCUT2D eigenvalue weighted by atomic mass is 10.0. The molecule has 0 aromatic heterocycles. The first-order chi connectivity index (χ1) is 9.13. The van der Waals surface area contributed by atoms with Gasteiger partial charge < -0.3 is 10.5 Å². The first-order valence-corrected chi connectivity index (χ1v) is 6.10. The summed E-state index contributed by atoms with van der Waals surface area (Å²) in [5.41, 5.74) is 5.81. The van der Waals surface area contributed by atoms with E-state index >= 15 is 0 Å². The van der Waals surface area contributed by atoms with E-state index in [0.29, 0.717) is 17.9 Å². The van der Waals surface area contributed by atoms with Crippen molar-refractivity contribution >= 4 is 5.69 Å². The average Bonchev–Trinajstić information content (AvgIpc) is 2.41. The van der Waals surface area contributed by atoms with Crippen LogP contribution < -0.4 is 10.5 Å². The number of nitrogens with two attached hydrogens (primary N) is 1. The maximum atomic E-state index is 13.9. The highest BCUT2D eigenvalue weighted by atomic mass is 19.1. The number of hydrogen-bond acceptors (Lipinski definition) is 2. The Labute approximate surface area is 110 Å². The van der Waals surface area contributed by atoms with Gasteiger partial charge in [0, 0.05) is 17.2 Å². The number of ether oxygens (including phenoxy) is 1. The van der Waals surface area contributed by atoms with Crippen LogP contribution in [0.15, 0.2) is 36.4 Å². The second-order valence-corrected chi connectivity index (χ2v) is 4.20. The van der Waals surface area contributed by atoms with E-state index in [4.69, 9.17) is 10.5 Å². The molecule has 2 rings (SSSR count). The van der Waals surface area contributed by atoms with Gasteiger partial charge in [-0.25, -0.2) is 8.78 Å². The molecular weight excluding hydrogens is 248 g/mol. The second-order valence-electron chi connectivity index (χ2n) is 4.20. The Kier molecular flexibility index (Phi) is 4.00. The quantitative estimate of drug-likeness (QED) is 0.846. The summed E-state index contributed by atoms with van der Waals surface area (Å²) in [5.74, 6) is -0.666. The standard InChI is InChI=1S/C15H15F2NO/c1-2-7-19-15-6-4-3-5-10(15)11-8-13(17)14(18)9-12(11)16/h3-6,8-9H,2,7,18H2,1H3. The van der Waals surface area contributed by atoms with Gasteiger partial charge in [0.1, 0.15) is 17.4 Å². The van der Waals surface area contributed by atoms with E-state index in [9.17, 15) is 8.78 Å². The fourth-order valence-corrected chi connectivity index (χ4v) is 1.80. The van der Waals surface area contributed by atoms with Crippen LogP contribution in [0, 0.1) is 11.6 Å². The summed E-state index contributed by atoms with van der Waals surface area (Å²) in [7, 11) is 0. The minimum Gasteiger partial charge on any atom is -0.493 e. The van der Waals surface area contributed by atoms with Gasteiger partial charge in [-0.05, 0) is 18.6 Å². The molecule has 0 aliphatic rings. The lowest BCUT2D eigenvalue weighted by molar-refractivity contribution is 0.318. The highest BCUT2D eigenvalue weighted by Gasteiger charge is 2.13. The van der Waals surface area contributed by atoms with Crippen LogP contribution in [0.4, 0.5) is 14.5 Å². The average molecular weight is 263 g/mol. The predicted octanol–water partition coefficient (Wildman–Crippen LogP) is 4.00. The monoisotopic (exact) mass is 263 g/mol. The Morgan fingerprint density at radius 2 is 1.79 bits per heavy atom. The number of hydrogen-bond donors (Lipinski definition) is 1. The predicted molar refractivity (Wildman–Crippen MR) is 72.0 cm³/mol. The number of benzene rings is 2. The minimum absolute atomic E-state index is 0.151. The van der Waals surface area contributed by atoms with Gasteiger partial charge in [-0.1, -0.05) is 25.1 Å². The number of nitrogen functional groups attached to an aromatic ring is 1. The summed E-state index contributed by atoms with van der Waals surface area (Å²) in [5, 5.41) is 0. The Morgan fingerprint density at radius 3 is 2.53 bits per heavy atom. The molecule has 0 spiro atoms. The van der Waals surface area contributed by atoms with Crippen molar-refractivity contribution in [3.8, 4) is 16.9 Å². The number of rotatable bonds is 4. The molecule has 0 saturated heterocycles. The lowest BCUT2D eigenvalue weighted by Gasteiger charge is -2.12. The maximum Gasteiger partial charge on any atom is 0.146 e. The Balaban J connectivity index is 2.49. The Hall–Kier alpha value is -2.10. The molecule has 0 fully saturated rings. The van der Waals surface area contributed by atoms with E-state index in [0.717, 1.165) is 18.6 Å². The van der Waals surface area contributed by atoms with Gasteiger partial charge in [0.2, 0.25) is 0 Å². The largest absolute Gasteiger partial charge is 0.493 e. The van der Waals surface area contributed by atoms with Gasteiger partial charge in [-0.15, -0.1) is 0 Å². The number of anilines is 1. The fraction of sp³-hybridized carbons (Fsp3) is 0.200. The van der Waals surface area contributed by atoms with Crippen LogP contribution in [0.2, 0.25) is 0 Å². The van der Waals surface area contributed by atoms with Gasteiger partial charge in [0.05, 0.1) is 12.3 Å². The molecule has 2 aromatic rings. The molecule has 0 radical (unpaired) electrons. The molecule has 100 valence electrons. The van der Waals surface area contributed by atoms with Crippen molar-refractivity contribution in [1.82, 2.24) is 0 Å². The Morgan fingerprint density at radius 1 is 1.05 bits per heavy atom. The lowest BCUT2D eigenvalue weighted by Crippen LogP contribution is -1.99. The van der Waals surface area contributed by atoms with E-state index in [1.165, 1.54) is 0 Å². The molecule has 4 heteroatoms. The van der Waals surface area contributed by atoms with Crippen LogP contribution in [0.25, 0.3) is 11.1 Å². The van der Waals surface area contributed by atoms with Crippen LogP contribution in [0.1, 0.15) is 13.3 Å². The summed E-state index contributed by atoms with van der Waals surface area (Å²) in [6, 6.07) is 9.06. The third-order valence-electron chi connectivity index (χ3n) is 2.73. The molecule has 0 bridgehead atoms. The second kappa shape index (κ2) is 5.69. The number of halogens is 2. The van der Waals surface area contributed by atoms with Crippen LogP contribution in [-0.4, -0.2) is 6.61 Å². The fourth-order valence-electron chi connectivity index (χ4n) is 1.80. The molecule has 19 heavy (non-hydrogen) atoms. The van der Waals surface area contributed by atoms with Gasteiger partial charge >= 0.3 is 0 Å². The van der Waals surface area contributed by atoms with Crippen molar-refractivity contribution in [2.75, 3.05) is 12.3 Å². The van der Waals surface area contributed by atoms with E-state index < -0.39 is 11.6 Å². The molecule has 2 aromatic carbocycles. The SMILES string of the molecule is CCCOc1ccccc1-c1cc(F)c(N)cc1F. The molecule has 2 nitrogen and oxygen atoms in total. The van der Waals surface area contributed by atoms with E-state index in [2.05, 4.69) is 0 Å². The highest BCUT2D eigenvalue weighted by molar-refractivity contribution is 5.72. The first-order valence-electron chi connectivity index (χ1n) is 6.10. The topological polar surface area (TPSA) is 35.2 Å². The zero-order valence-electron chi connectivity index (χ0n) is 10.6. The van der Waals surface area contributed by atoms with Crippen LogP contribution in [-0.2, 0) is 0 Å². The van der Waals surface area contributed by atoms with Crippen molar-refractivity contribution < 1.29 is 13.5 Å². The normalized spacial score (nSPS) is 10.5. The minimum atomic E-state index is -0.637. The molecule has 0 aliphatic carbocycles. The third-order valence-corrected chi connectivity index (χ3v) is 2.73. The number of para-hydroxylation sites is 1. The van der Waals surface area contributed by atoms with Crippen molar-refractivity contribution in [2.24, 2.45) is 0 Å². The van der Waals surface area contributed by atoms with Crippen molar-refractivity contribution in [3.05, 3.63) is 48.0 Å². The van der Waals surface area contributed by atoms with E-state index in [1.807, 2.05) is 6.92 Å². The zero-order valence-corrected chi connectivity index (χ0v) is 10.6. The zero-order chi connectivity index (χ0) is 13.8.